The summed E-state index contributed by atoms with van der Waals surface area (Å²) >= 11 is 0. The molecule has 7 rings (SSSR count). The van der Waals surface area contributed by atoms with Gasteiger partial charge in [-0.3, -0.25) is 0 Å². The fourth-order valence-corrected chi connectivity index (χ4v) is 6.95. The summed E-state index contributed by atoms with van der Waals surface area (Å²) in [4.78, 5) is 7.72. The molecule has 5 aliphatic carbocycles. The second-order valence-corrected chi connectivity index (χ2v) is 10.2. The van der Waals surface area contributed by atoms with Crippen LogP contribution in [0.1, 0.15) is 57.4 Å². The van der Waals surface area contributed by atoms with Gasteiger partial charge in [0.05, 0.1) is 5.71 Å². The Morgan fingerprint density at radius 2 is 2.07 bits per heavy atom. The highest BCUT2D eigenvalue weighted by atomic mass is 16.2. The highest BCUT2D eigenvalue weighted by molar-refractivity contribution is 6.49. The van der Waals surface area contributed by atoms with Gasteiger partial charge in [0.1, 0.15) is 5.65 Å². The third-order valence-corrected chi connectivity index (χ3v) is 7.85. The molecule has 0 aromatic carbocycles. The van der Waals surface area contributed by atoms with Crippen LogP contribution in [-0.2, 0) is 0 Å². The van der Waals surface area contributed by atoms with Crippen molar-refractivity contribution in [3.05, 3.63) is 24.0 Å². The summed E-state index contributed by atoms with van der Waals surface area (Å²) in [6.45, 7) is 2.51. The summed E-state index contributed by atoms with van der Waals surface area (Å²) < 4.78 is 0. The molecule has 5 aliphatic rings. The molecule has 5 fully saturated rings. The van der Waals surface area contributed by atoms with Crippen molar-refractivity contribution in [2.75, 3.05) is 0 Å². The number of hydrogen-bond acceptors (Lipinski definition) is 4. The summed E-state index contributed by atoms with van der Waals surface area (Å²) in [5, 5.41) is 16.1. The number of aromatic amines is 1. The normalized spacial score (nSPS) is 36.9. The number of hydrazone groups is 1. The van der Waals surface area contributed by atoms with Gasteiger partial charge in [0.25, 0.3) is 0 Å². The van der Waals surface area contributed by atoms with Crippen LogP contribution in [0.4, 0.5) is 0 Å². The van der Waals surface area contributed by atoms with Gasteiger partial charge >= 0.3 is 7.48 Å². The van der Waals surface area contributed by atoms with Crippen LogP contribution in [0.3, 0.4) is 0 Å². The van der Waals surface area contributed by atoms with E-state index in [1.807, 2.05) is 6.20 Å². The first-order valence-electron chi connectivity index (χ1n) is 10.9. The Hall–Kier alpha value is -1.82. The van der Waals surface area contributed by atoms with E-state index < -0.39 is 0 Å². The van der Waals surface area contributed by atoms with Crippen LogP contribution < -0.4 is 10.9 Å². The van der Waals surface area contributed by atoms with E-state index in [0.717, 1.165) is 33.7 Å². The maximum atomic E-state index is 9.99. The van der Waals surface area contributed by atoms with E-state index in [1.54, 1.807) is 6.20 Å². The van der Waals surface area contributed by atoms with Crippen LogP contribution in [0.25, 0.3) is 11.0 Å². The quantitative estimate of drug-likeness (QED) is 0.428. The fraction of sp³-hybridized carbons (Fsp3) is 0.636. The Morgan fingerprint density at radius 3 is 2.75 bits per heavy atom. The van der Waals surface area contributed by atoms with Gasteiger partial charge in [-0.05, 0) is 79.6 Å². The molecule has 2 atom stereocenters. The van der Waals surface area contributed by atoms with E-state index in [-0.39, 0.29) is 0 Å². The molecule has 6 heteroatoms. The second-order valence-electron chi connectivity index (χ2n) is 10.2. The van der Waals surface area contributed by atoms with Crippen molar-refractivity contribution in [2.45, 2.75) is 57.9 Å². The first-order valence-corrected chi connectivity index (χ1v) is 10.9. The molecule has 0 aliphatic heterocycles. The Balaban J connectivity index is 1.49. The van der Waals surface area contributed by atoms with E-state index in [4.69, 9.17) is 5.10 Å². The summed E-state index contributed by atoms with van der Waals surface area (Å²) in [6, 6.07) is 2.60. The maximum absolute atomic E-state index is 9.99. The smallest absolute Gasteiger partial charge is 0.329 e. The zero-order chi connectivity index (χ0) is 18.9. The average molecular weight is 375 g/mol. The molecule has 5 nitrogen and oxygen atoms in total. The highest BCUT2D eigenvalue weighted by Crippen LogP contribution is 2.62. The molecule has 0 spiro atoms. The summed E-state index contributed by atoms with van der Waals surface area (Å²) in [7, 11) is 1.21. The number of H-pyrrole nitrogens is 1. The summed E-state index contributed by atoms with van der Waals surface area (Å²) in [5.74, 6) is 2.81. The molecule has 2 unspecified atom stereocenters. The van der Waals surface area contributed by atoms with Gasteiger partial charge in [-0.15, -0.1) is 0 Å². The van der Waals surface area contributed by atoms with E-state index in [0.29, 0.717) is 29.2 Å². The predicted molar refractivity (Wildman–Crippen MR) is 112 cm³/mol. The maximum Gasteiger partial charge on any atom is 0.329 e. The number of nitrogens with one attached hydrogen (secondary N) is 2. The van der Waals surface area contributed by atoms with Gasteiger partial charge < -0.3 is 15.4 Å². The first-order chi connectivity index (χ1) is 13.6. The standard InChI is InChI=1S/C22H28BN4O/c1-22-8-12-6-13(9-22)18(14(7-12)10-22)20(27-26-15-2-3-15)19-16-4-5-24-21(16)25-11-17(19)23-28/h4-5,11-15,18,26,28H,2-3,6-10H2,1H3,(H,24,25)/b27-20-. The molecule has 28 heavy (non-hydrogen) atoms. The molecule has 3 N–H and O–H groups in total. The molecule has 2 aromatic rings. The van der Waals surface area contributed by atoms with Crippen molar-refractivity contribution in [3.8, 4) is 0 Å². The van der Waals surface area contributed by atoms with E-state index in [2.05, 4.69) is 28.4 Å². The zero-order valence-electron chi connectivity index (χ0n) is 16.5. The lowest BCUT2D eigenvalue weighted by molar-refractivity contribution is -0.0636. The lowest BCUT2D eigenvalue weighted by atomic mass is 9.45. The minimum atomic E-state index is 0.482. The van der Waals surface area contributed by atoms with Gasteiger partial charge in [0, 0.05) is 35.3 Å². The van der Waals surface area contributed by atoms with Gasteiger partial charge in [0.15, 0.2) is 0 Å². The van der Waals surface area contributed by atoms with Crippen LogP contribution in [0.2, 0.25) is 0 Å². The molecular formula is C22H28BN4O. The Bertz CT molecular complexity index is 933. The third kappa shape index (κ3) is 2.64. The number of rotatable bonds is 5. The number of pyridine rings is 1. The first kappa shape index (κ1) is 17.1. The Kier molecular flexibility index (Phi) is 3.71. The molecule has 1 radical (unpaired) electrons. The monoisotopic (exact) mass is 375 g/mol. The Morgan fingerprint density at radius 1 is 1.29 bits per heavy atom. The van der Waals surface area contributed by atoms with E-state index >= 15 is 0 Å². The molecule has 2 heterocycles. The average Bonchev–Trinajstić information content (AvgIpc) is 3.36. The lowest BCUT2D eigenvalue weighted by Gasteiger charge is -2.59. The zero-order valence-corrected chi connectivity index (χ0v) is 16.5. The summed E-state index contributed by atoms with van der Waals surface area (Å²) in [6.07, 6.45) is 12.9. The van der Waals surface area contributed by atoms with Crippen molar-refractivity contribution in [2.24, 2.45) is 34.2 Å². The van der Waals surface area contributed by atoms with Gasteiger partial charge in [-0.25, -0.2) is 4.98 Å². The van der Waals surface area contributed by atoms with Crippen LogP contribution in [-0.4, -0.2) is 34.2 Å². The molecule has 4 bridgehead atoms. The number of aromatic nitrogens is 2. The van der Waals surface area contributed by atoms with Crippen molar-refractivity contribution in [1.82, 2.24) is 15.4 Å². The van der Waals surface area contributed by atoms with E-state index in [9.17, 15) is 5.02 Å². The highest BCUT2D eigenvalue weighted by Gasteiger charge is 2.55. The minimum Gasteiger partial charge on any atom is -0.450 e. The largest absolute Gasteiger partial charge is 0.450 e. The minimum absolute atomic E-state index is 0.482. The van der Waals surface area contributed by atoms with Crippen molar-refractivity contribution < 1.29 is 5.02 Å². The van der Waals surface area contributed by atoms with E-state index in [1.165, 1.54) is 52.4 Å². The van der Waals surface area contributed by atoms with Crippen molar-refractivity contribution in [1.29, 1.82) is 0 Å². The predicted octanol–water partition coefficient (Wildman–Crippen LogP) is 2.72. The number of fused-ring (bicyclic) bond motifs is 1. The van der Waals surface area contributed by atoms with Crippen LogP contribution in [0.5, 0.6) is 0 Å². The fourth-order valence-electron chi connectivity index (χ4n) is 6.95. The van der Waals surface area contributed by atoms with Gasteiger partial charge in [-0.2, -0.15) is 5.10 Å². The molecule has 0 saturated heterocycles. The Labute approximate surface area is 166 Å². The van der Waals surface area contributed by atoms with Crippen molar-refractivity contribution in [3.63, 3.8) is 0 Å². The van der Waals surface area contributed by atoms with Gasteiger partial charge in [-0.1, -0.05) is 6.92 Å². The summed E-state index contributed by atoms with van der Waals surface area (Å²) in [5.41, 5.74) is 7.87. The SMILES string of the molecule is CC12CC3CC(C1)C(/C(=N/NC1CC1)c1c([B]O)cnc4[nH]ccc14)C(C3)C2. The van der Waals surface area contributed by atoms with Crippen molar-refractivity contribution >= 4 is 29.7 Å². The van der Waals surface area contributed by atoms with Crippen LogP contribution >= 0.6 is 0 Å². The van der Waals surface area contributed by atoms with Crippen LogP contribution in [0, 0.1) is 29.1 Å². The topological polar surface area (TPSA) is 73.3 Å². The molecule has 5 saturated carbocycles. The molecule has 2 aromatic heterocycles. The number of hydrogen-bond donors (Lipinski definition) is 3. The molecule has 0 amide bonds. The van der Waals surface area contributed by atoms with Gasteiger partial charge in [0.2, 0.25) is 0 Å². The molecule has 145 valence electrons. The lowest BCUT2D eigenvalue weighted by Crippen LogP contribution is -2.53. The third-order valence-electron chi connectivity index (χ3n) is 7.85. The molecular weight excluding hydrogens is 347 g/mol. The second kappa shape index (κ2) is 6.09. The van der Waals surface area contributed by atoms with Crippen LogP contribution in [0.15, 0.2) is 23.6 Å². The number of nitrogens with zero attached hydrogens (tertiary/aromatic N) is 2.